The maximum Gasteiger partial charge on any atom is 0.405 e. The highest BCUT2D eigenvalue weighted by Crippen LogP contribution is 2.22. The van der Waals surface area contributed by atoms with Gasteiger partial charge in [-0.2, -0.15) is 0 Å². The van der Waals surface area contributed by atoms with Crippen LogP contribution in [-0.4, -0.2) is 16.2 Å². The van der Waals surface area contributed by atoms with Crippen LogP contribution in [0.25, 0.3) is 0 Å². The van der Waals surface area contributed by atoms with Crippen LogP contribution in [0.2, 0.25) is 0 Å². The second kappa shape index (κ2) is 7.78. The summed E-state index contributed by atoms with van der Waals surface area (Å²) in [4.78, 5) is 15.0. The zero-order chi connectivity index (χ0) is 15.1. The normalized spacial score (nSPS) is 11.9. The third-order valence-corrected chi connectivity index (χ3v) is 3.78. The summed E-state index contributed by atoms with van der Waals surface area (Å²) in [5.74, 6) is 0. The number of carbonyl (C=O) groups is 1. The van der Waals surface area contributed by atoms with Crippen LogP contribution in [0.1, 0.15) is 30.0 Å². The minimum Gasteiger partial charge on any atom is -0.465 e. The number of benzene rings is 1. The lowest BCUT2D eigenvalue weighted by molar-refractivity contribution is 0.189. The van der Waals surface area contributed by atoms with Gasteiger partial charge in [0.2, 0.25) is 0 Å². The van der Waals surface area contributed by atoms with Crippen molar-refractivity contribution in [1.82, 2.24) is 10.3 Å². The minimum atomic E-state index is -0.996. The first-order valence-electron chi connectivity index (χ1n) is 6.79. The number of pyridine rings is 1. The zero-order valence-corrected chi connectivity index (χ0v) is 13.1. The van der Waals surface area contributed by atoms with E-state index in [1.807, 2.05) is 42.6 Å². The predicted molar refractivity (Wildman–Crippen MR) is 85.2 cm³/mol. The third-order valence-electron chi connectivity index (χ3n) is 3.25. The molecule has 2 rings (SSSR count). The van der Waals surface area contributed by atoms with Crippen molar-refractivity contribution in [3.8, 4) is 0 Å². The van der Waals surface area contributed by atoms with Crippen molar-refractivity contribution in [3.05, 3.63) is 64.4 Å². The number of aromatic nitrogens is 1. The molecule has 1 heterocycles. The van der Waals surface area contributed by atoms with Crippen LogP contribution >= 0.6 is 15.9 Å². The van der Waals surface area contributed by atoms with Crippen molar-refractivity contribution < 1.29 is 9.90 Å². The van der Waals surface area contributed by atoms with Gasteiger partial charge < -0.3 is 10.4 Å². The largest absolute Gasteiger partial charge is 0.465 e. The first-order valence-corrected chi connectivity index (χ1v) is 7.58. The Morgan fingerprint density at radius 2 is 2.05 bits per heavy atom. The Hall–Kier alpha value is -1.88. The summed E-state index contributed by atoms with van der Waals surface area (Å²) in [5.41, 5.74) is 2.15. The van der Waals surface area contributed by atoms with Gasteiger partial charge in [-0.05, 0) is 48.6 Å². The number of amides is 1. The predicted octanol–water partition coefficient (Wildman–Crippen LogP) is 4.18. The van der Waals surface area contributed by atoms with Gasteiger partial charge in [0.15, 0.2) is 0 Å². The molecule has 110 valence electrons. The van der Waals surface area contributed by atoms with Gasteiger partial charge in [0.25, 0.3) is 0 Å². The molecule has 0 radical (unpaired) electrons. The summed E-state index contributed by atoms with van der Waals surface area (Å²) in [6.07, 6.45) is 5.14. The van der Waals surface area contributed by atoms with E-state index >= 15 is 0 Å². The molecule has 1 atom stereocenters. The highest BCUT2D eigenvalue weighted by atomic mass is 79.9. The Morgan fingerprint density at radius 3 is 2.67 bits per heavy atom. The standard InChI is InChI=1S/C16H17BrN2O2/c17-14-8-6-13(7-9-14)15(19-16(20)21)5-1-3-12-4-2-10-18-11-12/h2,4,6-11,15,19H,1,3,5H2,(H,20,21). The molecule has 0 aliphatic rings. The van der Waals surface area contributed by atoms with E-state index in [9.17, 15) is 4.79 Å². The maximum absolute atomic E-state index is 11.0. The molecule has 0 saturated carbocycles. The number of hydrogen-bond donors (Lipinski definition) is 2. The van der Waals surface area contributed by atoms with Gasteiger partial charge in [0.1, 0.15) is 0 Å². The smallest absolute Gasteiger partial charge is 0.405 e. The first-order chi connectivity index (χ1) is 10.1. The van der Waals surface area contributed by atoms with Crippen molar-refractivity contribution >= 4 is 22.0 Å². The van der Waals surface area contributed by atoms with Gasteiger partial charge in [0, 0.05) is 16.9 Å². The molecule has 2 aromatic rings. The molecule has 1 unspecified atom stereocenters. The van der Waals surface area contributed by atoms with Gasteiger partial charge in [-0.15, -0.1) is 0 Å². The summed E-state index contributed by atoms with van der Waals surface area (Å²) in [6.45, 7) is 0. The topological polar surface area (TPSA) is 62.2 Å². The molecular formula is C16H17BrN2O2. The molecule has 0 spiro atoms. The van der Waals surface area contributed by atoms with Crippen LogP contribution in [0.15, 0.2) is 53.3 Å². The van der Waals surface area contributed by atoms with Crippen molar-refractivity contribution in [1.29, 1.82) is 0 Å². The minimum absolute atomic E-state index is 0.188. The Balaban J connectivity index is 1.96. The molecule has 0 saturated heterocycles. The third kappa shape index (κ3) is 5.19. The molecule has 1 aromatic carbocycles. The Kier molecular flexibility index (Phi) is 5.75. The fraction of sp³-hybridized carbons (Fsp3) is 0.250. The number of rotatable bonds is 6. The van der Waals surface area contributed by atoms with E-state index < -0.39 is 6.09 Å². The number of carboxylic acid groups (broad SMARTS) is 1. The molecule has 4 nitrogen and oxygen atoms in total. The quantitative estimate of drug-likeness (QED) is 0.823. The van der Waals surface area contributed by atoms with Crippen LogP contribution in [0.4, 0.5) is 4.79 Å². The van der Waals surface area contributed by atoms with Gasteiger partial charge in [-0.25, -0.2) is 4.79 Å². The molecule has 21 heavy (non-hydrogen) atoms. The van der Waals surface area contributed by atoms with E-state index in [-0.39, 0.29) is 6.04 Å². The van der Waals surface area contributed by atoms with Crippen LogP contribution in [0.3, 0.4) is 0 Å². The Bertz CT molecular complexity index is 573. The molecule has 0 fully saturated rings. The van der Waals surface area contributed by atoms with E-state index in [1.165, 1.54) is 5.56 Å². The summed E-state index contributed by atoms with van der Waals surface area (Å²) in [5, 5.41) is 11.6. The van der Waals surface area contributed by atoms with Crippen molar-refractivity contribution in [2.24, 2.45) is 0 Å². The molecule has 2 N–H and O–H groups in total. The number of halogens is 1. The summed E-state index contributed by atoms with van der Waals surface area (Å²) >= 11 is 3.38. The van der Waals surface area contributed by atoms with E-state index in [0.29, 0.717) is 0 Å². The number of hydrogen-bond acceptors (Lipinski definition) is 2. The second-order valence-corrected chi connectivity index (χ2v) is 5.72. The molecule has 1 aromatic heterocycles. The lowest BCUT2D eigenvalue weighted by atomic mass is 9.99. The number of nitrogens with zero attached hydrogens (tertiary/aromatic N) is 1. The fourth-order valence-electron chi connectivity index (χ4n) is 2.22. The van der Waals surface area contributed by atoms with Crippen molar-refractivity contribution in [2.75, 3.05) is 0 Å². The van der Waals surface area contributed by atoms with Crippen LogP contribution in [0, 0.1) is 0 Å². The zero-order valence-electron chi connectivity index (χ0n) is 11.5. The van der Waals surface area contributed by atoms with Crippen LogP contribution in [-0.2, 0) is 6.42 Å². The molecule has 0 bridgehead atoms. The molecule has 1 amide bonds. The average Bonchev–Trinajstić information content (AvgIpc) is 2.48. The summed E-state index contributed by atoms with van der Waals surface area (Å²) < 4.78 is 0.982. The maximum atomic E-state index is 11.0. The fourth-order valence-corrected chi connectivity index (χ4v) is 2.49. The first kappa shape index (κ1) is 15.5. The van der Waals surface area contributed by atoms with Gasteiger partial charge in [-0.3, -0.25) is 4.98 Å². The van der Waals surface area contributed by atoms with Gasteiger partial charge in [0.05, 0.1) is 6.04 Å². The Morgan fingerprint density at radius 1 is 1.29 bits per heavy atom. The number of nitrogens with one attached hydrogen (secondary N) is 1. The molecule has 0 aliphatic carbocycles. The van der Waals surface area contributed by atoms with Crippen molar-refractivity contribution in [3.63, 3.8) is 0 Å². The highest BCUT2D eigenvalue weighted by molar-refractivity contribution is 9.10. The monoisotopic (exact) mass is 348 g/mol. The Labute approximate surface area is 132 Å². The van der Waals surface area contributed by atoms with Gasteiger partial charge >= 0.3 is 6.09 Å². The van der Waals surface area contributed by atoms with E-state index in [2.05, 4.69) is 26.2 Å². The lowest BCUT2D eigenvalue weighted by Gasteiger charge is -2.17. The summed E-state index contributed by atoms with van der Waals surface area (Å²) in [7, 11) is 0. The van der Waals surface area contributed by atoms with E-state index in [1.54, 1.807) is 6.20 Å². The number of aryl methyl sites for hydroxylation is 1. The van der Waals surface area contributed by atoms with E-state index in [0.717, 1.165) is 29.3 Å². The average molecular weight is 349 g/mol. The lowest BCUT2D eigenvalue weighted by Crippen LogP contribution is -2.26. The summed E-state index contributed by atoms with van der Waals surface area (Å²) in [6, 6.07) is 11.5. The van der Waals surface area contributed by atoms with Crippen molar-refractivity contribution in [2.45, 2.75) is 25.3 Å². The van der Waals surface area contributed by atoms with Gasteiger partial charge in [-0.1, -0.05) is 34.1 Å². The van der Waals surface area contributed by atoms with Crippen LogP contribution < -0.4 is 5.32 Å². The molecule has 5 heteroatoms. The van der Waals surface area contributed by atoms with E-state index in [4.69, 9.17) is 5.11 Å². The second-order valence-electron chi connectivity index (χ2n) is 4.81. The van der Waals surface area contributed by atoms with Crippen LogP contribution in [0.5, 0.6) is 0 Å². The molecule has 0 aliphatic heterocycles. The SMILES string of the molecule is O=C(O)NC(CCCc1cccnc1)c1ccc(Br)cc1. The molecular weight excluding hydrogens is 332 g/mol. The highest BCUT2D eigenvalue weighted by Gasteiger charge is 2.13.